The number of aryl methyl sites for hydroxylation is 1. The topological polar surface area (TPSA) is 79.5 Å². The smallest absolute Gasteiger partial charge is 0.335 e. The molecule has 1 amide bonds. The number of rotatable bonds is 3. The highest BCUT2D eigenvalue weighted by molar-refractivity contribution is 6.06. The second-order valence-electron chi connectivity index (χ2n) is 6.55. The molecule has 0 saturated heterocycles. The van der Waals surface area contributed by atoms with E-state index in [0.29, 0.717) is 12.5 Å². The number of hydrogen-bond acceptors (Lipinski definition) is 3. The Hall–Kier alpha value is -3.22. The van der Waals surface area contributed by atoms with Gasteiger partial charge in [-0.2, -0.15) is 0 Å². The van der Waals surface area contributed by atoms with Crippen molar-refractivity contribution in [2.75, 3.05) is 0 Å². The zero-order valence-electron chi connectivity index (χ0n) is 14.1. The number of benzene rings is 2. The second kappa shape index (κ2) is 6.50. The summed E-state index contributed by atoms with van der Waals surface area (Å²) in [6.07, 6.45) is 3.36. The number of fused-ring (bicyclic) bond motifs is 2. The Kier molecular flexibility index (Phi) is 4.14. The van der Waals surface area contributed by atoms with E-state index < -0.39 is 29.6 Å². The van der Waals surface area contributed by atoms with Crippen LogP contribution in [0, 0.1) is 11.6 Å². The number of carbonyl (C=O) groups is 2. The maximum Gasteiger partial charge on any atom is 0.335 e. The molecule has 2 N–H and O–H groups in total. The van der Waals surface area contributed by atoms with Crippen molar-refractivity contribution in [1.82, 2.24) is 5.32 Å². The summed E-state index contributed by atoms with van der Waals surface area (Å²) in [6.45, 7) is 0. The number of nitrogens with one attached hydrogen (secondary N) is 1. The summed E-state index contributed by atoms with van der Waals surface area (Å²) in [5.74, 6) is -3.26. The van der Waals surface area contributed by atoms with Crippen molar-refractivity contribution in [3.8, 4) is 0 Å². The molecule has 0 radical (unpaired) electrons. The number of carboxylic acids is 1. The molecule has 1 unspecified atom stereocenters. The fourth-order valence-electron chi connectivity index (χ4n) is 3.57. The van der Waals surface area contributed by atoms with Crippen LogP contribution in [0.3, 0.4) is 0 Å². The molecule has 0 saturated carbocycles. The largest absolute Gasteiger partial charge is 0.478 e. The van der Waals surface area contributed by atoms with Crippen molar-refractivity contribution in [3.63, 3.8) is 0 Å². The van der Waals surface area contributed by atoms with Crippen LogP contribution < -0.4 is 5.32 Å². The molecule has 7 heteroatoms. The number of hydrogen-bond donors (Lipinski definition) is 2. The van der Waals surface area contributed by atoms with E-state index >= 15 is 0 Å². The lowest BCUT2D eigenvalue weighted by Crippen LogP contribution is -2.31. The molecule has 0 aliphatic heterocycles. The summed E-state index contributed by atoms with van der Waals surface area (Å²) in [5.41, 5.74) is 1.79. The van der Waals surface area contributed by atoms with Crippen LogP contribution in [0.2, 0.25) is 0 Å². The number of furan rings is 1. The van der Waals surface area contributed by atoms with E-state index in [9.17, 15) is 23.5 Å². The van der Waals surface area contributed by atoms with Crippen LogP contribution in [0.15, 0.2) is 41.0 Å². The second-order valence-corrected chi connectivity index (χ2v) is 6.55. The standard InChI is InChI=1S/C20H15F2NO4/c21-12-7-15(22)18-14(9-27-17(18)8-12)19(24)23-16-3-1-2-10-4-5-11(20(25)26)6-13(10)16/h4-9,16H,1-3H2,(H,23,24)(H,25,26). The van der Waals surface area contributed by atoms with Crippen molar-refractivity contribution >= 4 is 22.8 Å². The highest BCUT2D eigenvalue weighted by Gasteiger charge is 2.26. The molecule has 5 nitrogen and oxygen atoms in total. The van der Waals surface area contributed by atoms with Crippen LogP contribution in [-0.2, 0) is 6.42 Å². The van der Waals surface area contributed by atoms with Crippen LogP contribution in [-0.4, -0.2) is 17.0 Å². The van der Waals surface area contributed by atoms with Crippen LogP contribution in [0.25, 0.3) is 11.0 Å². The van der Waals surface area contributed by atoms with E-state index in [2.05, 4.69) is 5.32 Å². The summed E-state index contributed by atoms with van der Waals surface area (Å²) in [6, 6.07) is 6.18. The van der Waals surface area contributed by atoms with Crippen molar-refractivity contribution in [2.24, 2.45) is 0 Å². The molecule has 3 aromatic rings. The van der Waals surface area contributed by atoms with Crippen LogP contribution in [0.5, 0.6) is 0 Å². The molecular weight excluding hydrogens is 356 g/mol. The molecule has 1 atom stereocenters. The monoisotopic (exact) mass is 371 g/mol. The normalized spacial score (nSPS) is 16.1. The molecule has 0 spiro atoms. The maximum atomic E-state index is 14.1. The molecule has 1 heterocycles. The average molecular weight is 371 g/mol. The van der Waals surface area contributed by atoms with Crippen LogP contribution in [0.4, 0.5) is 8.78 Å². The lowest BCUT2D eigenvalue weighted by Gasteiger charge is -2.26. The zero-order valence-corrected chi connectivity index (χ0v) is 14.1. The first-order chi connectivity index (χ1) is 12.9. The number of amides is 1. The predicted molar refractivity (Wildman–Crippen MR) is 92.7 cm³/mol. The highest BCUT2D eigenvalue weighted by atomic mass is 19.1. The Bertz CT molecular complexity index is 1070. The van der Waals surface area contributed by atoms with E-state index in [0.717, 1.165) is 36.3 Å². The fourth-order valence-corrected chi connectivity index (χ4v) is 3.57. The van der Waals surface area contributed by atoms with Gasteiger partial charge in [0.1, 0.15) is 23.5 Å². The Morgan fingerprint density at radius 1 is 1.19 bits per heavy atom. The van der Waals surface area contributed by atoms with E-state index in [1.54, 1.807) is 18.2 Å². The Morgan fingerprint density at radius 2 is 2.00 bits per heavy atom. The van der Waals surface area contributed by atoms with Gasteiger partial charge in [0.25, 0.3) is 5.91 Å². The van der Waals surface area contributed by atoms with Gasteiger partial charge in [-0.05, 0) is 42.5 Å². The SMILES string of the molecule is O=C(O)c1ccc2c(c1)C(NC(=O)c1coc3cc(F)cc(F)c13)CCC2. The molecule has 1 aliphatic rings. The van der Waals surface area contributed by atoms with Gasteiger partial charge in [-0.15, -0.1) is 0 Å². The minimum Gasteiger partial charge on any atom is -0.478 e. The lowest BCUT2D eigenvalue weighted by atomic mass is 9.86. The van der Waals surface area contributed by atoms with Crippen LogP contribution >= 0.6 is 0 Å². The minimum atomic E-state index is -1.04. The Labute approximate surface area is 152 Å². The van der Waals surface area contributed by atoms with Gasteiger partial charge in [-0.25, -0.2) is 13.6 Å². The van der Waals surface area contributed by atoms with Gasteiger partial charge in [0.15, 0.2) is 0 Å². The van der Waals surface area contributed by atoms with Crippen molar-refractivity contribution in [1.29, 1.82) is 0 Å². The van der Waals surface area contributed by atoms with E-state index in [1.165, 1.54) is 0 Å². The molecule has 4 rings (SSSR count). The van der Waals surface area contributed by atoms with Gasteiger partial charge >= 0.3 is 5.97 Å². The first kappa shape index (κ1) is 17.2. The third kappa shape index (κ3) is 3.05. The Morgan fingerprint density at radius 3 is 2.78 bits per heavy atom. The van der Waals surface area contributed by atoms with Crippen molar-refractivity contribution < 1.29 is 27.9 Å². The molecule has 2 aromatic carbocycles. The van der Waals surface area contributed by atoms with E-state index in [1.807, 2.05) is 0 Å². The fraction of sp³-hybridized carbons (Fsp3) is 0.200. The van der Waals surface area contributed by atoms with Gasteiger partial charge in [0.2, 0.25) is 0 Å². The quantitative estimate of drug-likeness (QED) is 0.723. The molecule has 27 heavy (non-hydrogen) atoms. The van der Waals surface area contributed by atoms with E-state index in [-0.39, 0.29) is 22.1 Å². The van der Waals surface area contributed by atoms with Crippen LogP contribution in [0.1, 0.15) is 50.7 Å². The molecular formula is C20H15F2NO4. The molecule has 0 fully saturated rings. The number of aromatic carboxylic acids is 1. The third-order valence-electron chi connectivity index (χ3n) is 4.85. The summed E-state index contributed by atoms with van der Waals surface area (Å²) in [5, 5.41) is 11.9. The Balaban J connectivity index is 1.67. The first-order valence-corrected chi connectivity index (χ1v) is 8.47. The van der Waals surface area contributed by atoms with Gasteiger partial charge < -0.3 is 14.8 Å². The molecule has 0 bridgehead atoms. The van der Waals surface area contributed by atoms with Crippen molar-refractivity contribution in [2.45, 2.75) is 25.3 Å². The number of halogens is 2. The first-order valence-electron chi connectivity index (χ1n) is 8.47. The van der Waals surface area contributed by atoms with Gasteiger partial charge in [-0.3, -0.25) is 4.79 Å². The molecule has 1 aromatic heterocycles. The molecule has 1 aliphatic carbocycles. The van der Waals surface area contributed by atoms with Gasteiger partial charge in [0.05, 0.1) is 22.6 Å². The number of carboxylic acid groups (broad SMARTS) is 1. The summed E-state index contributed by atoms with van der Waals surface area (Å²) in [4.78, 5) is 23.9. The highest BCUT2D eigenvalue weighted by Crippen LogP contribution is 2.32. The summed E-state index contributed by atoms with van der Waals surface area (Å²) in [7, 11) is 0. The van der Waals surface area contributed by atoms with Crippen molar-refractivity contribution in [3.05, 3.63) is 70.5 Å². The number of carbonyl (C=O) groups excluding carboxylic acids is 1. The minimum absolute atomic E-state index is 0.0241. The van der Waals surface area contributed by atoms with E-state index in [4.69, 9.17) is 4.42 Å². The summed E-state index contributed by atoms with van der Waals surface area (Å²) < 4.78 is 32.5. The molecule has 138 valence electrons. The summed E-state index contributed by atoms with van der Waals surface area (Å²) >= 11 is 0. The third-order valence-corrected chi connectivity index (χ3v) is 4.85. The lowest BCUT2D eigenvalue weighted by molar-refractivity contribution is 0.0696. The maximum absolute atomic E-state index is 14.1. The predicted octanol–water partition coefficient (Wildman–Crippen LogP) is 4.22. The van der Waals surface area contributed by atoms with Gasteiger partial charge in [-0.1, -0.05) is 6.07 Å². The van der Waals surface area contributed by atoms with Gasteiger partial charge in [0, 0.05) is 12.1 Å². The average Bonchev–Trinajstić information content (AvgIpc) is 3.05. The zero-order chi connectivity index (χ0) is 19.1.